The van der Waals surface area contributed by atoms with Gasteiger partial charge in [-0.2, -0.15) is 13.2 Å². The van der Waals surface area contributed by atoms with E-state index in [4.69, 9.17) is 19.9 Å². The van der Waals surface area contributed by atoms with Gasteiger partial charge in [0.15, 0.2) is 5.78 Å². The lowest BCUT2D eigenvalue weighted by atomic mass is 9.77. The molecule has 1 aromatic rings. The number of nitrogens with one attached hydrogen (secondary N) is 2. The molecule has 242 valence electrons. The molecule has 4 N–H and O–H groups in total. The van der Waals surface area contributed by atoms with Crippen LogP contribution in [0.25, 0.3) is 0 Å². The van der Waals surface area contributed by atoms with Gasteiger partial charge in [-0.05, 0) is 56.7 Å². The second kappa shape index (κ2) is 13.7. The van der Waals surface area contributed by atoms with Gasteiger partial charge in [0.1, 0.15) is 11.4 Å². The third-order valence-corrected chi connectivity index (χ3v) is 8.41. The number of methoxy groups -OCH3 is 1. The minimum Gasteiger partial charge on any atom is -0.497 e. The van der Waals surface area contributed by atoms with Crippen molar-refractivity contribution < 1.29 is 46.6 Å². The Kier molecular flexibility index (Phi) is 10.4. The number of ether oxygens (including phenoxy) is 3. The van der Waals surface area contributed by atoms with Gasteiger partial charge >= 0.3 is 6.18 Å². The molecule has 0 radical (unpaired) electrons. The molecule has 14 heteroatoms. The summed E-state index contributed by atoms with van der Waals surface area (Å²) >= 11 is 0. The molecule has 2 heterocycles. The molecule has 3 aliphatic rings. The van der Waals surface area contributed by atoms with E-state index in [0.29, 0.717) is 25.3 Å². The largest absolute Gasteiger partial charge is 0.497 e. The molecule has 0 aromatic heterocycles. The first-order valence-electron chi connectivity index (χ1n) is 14.6. The van der Waals surface area contributed by atoms with Gasteiger partial charge in [-0.25, -0.2) is 0 Å². The summed E-state index contributed by atoms with van der Waals surface area (Å²) < 4.78 is 61.2. The monoisotopic (exact) mass is 624 g/mol. The average Bonchev–Trinajstić information content (AvgIpc) is 3.52. The number of halogens is 3. The number of morpholine rings is 1. The van der Waals surface area contributed by atoms with Crippen LogP contribution in [0.1, 0.15) is 38.2 Å². The molecule has 4 rings (SSSR count). The van der Waals surface area contributed by atoms with E-state index in [0.717, 1.165) is 18.4 Å². The van der Waals surface area contributed by atoms with Crippen LogP contribution >= 0.6 is 0 Å². The fourth-order valence-corrected chi connectivity index (χ4v) is 5.68. The van der Waals surface area contributed by atoms with E-state index in [1.165, 1.54) is 31.4 Å². The lowest BCUT2D eigenvalue weighted by molar-refractivity contribution is -0.213. The summed E-state index contributed by atoms with van der Waals surface area (Å²) in [6.07, 6.45) is -1.80. The summed E-state index contributed by atoms with van der Waals surface area (Å²) in [5.74, 6) is -6.70. The smallest absolute Gasteiger partial charge is 0.421 e. The number of rotatable bonds is 14. The van der Waals surface area contributed by atoms with Crippen LogP contribution in [0.15, 0.2) is 35.9 Å². The quantitative estimate of drug-likeness (QED) is 0.208. The maximum absolute atomic E-state index is 15.2. The summed E-state index contributed by atoms with van der Waals surface area (Å²) in [7, 11) is 1.41. The van der Waals surface area contributed by atoms with Crippen LogP contribution in [-0.2, 0) is 35.1 Å². The Labute approximate surface area is 253 Å². The van der Waals surface area contributed by atoms with Gasteiger partial charge in [-0.3, -0.25) is 24.1 Å². The summed E-state index contributed by atoms with van der Waals surface area (Å²) in [6, 6.07) is 4.65. The standard InChI is InChI=1S/C30H39F3N4O7/c1-28(18-44-28)25(39)23(16-19-5-3-4-6-19)35-26(40)22(15-20-7-9-21(42-2)10-8-20)29(27(34)41,30(31,32)33)36-24(38)17-37-11-13-43-14-12-37/h5,7-10,22-23H,3-4,6,11-18H2,1-2H3,(H2,34,41)(H,35,40)(H,36,38)/t22-,23+,28-,29?/m1/s1. The lowest BCUT2D eigenvalue weighted by Gasteiger charge is -2.40. The van der Waals surface area contributed by atoms with E-state index in [2.05, 4.69) is 5.32 Å². The highest BCUT2D eigenvalue weighted by Crippen LogP contribution is 2.39. The zero-order valence-electron chi connectivity index (χ0n) is 24.8. The van der Waals surface area contributed by atoms with Crippen LogP contribution in [0.2, 0.25) is 0 Å². The first-order chi connectivity index (χ1) is 20.8. The molecule has 44 heavy (non-hydrogen) atoms. The predicted molar refractivity (Wildman–Crippen MR) is 151 cm³/mol. The number of alkyl halides is 3. The van der Waals surface area contributed by atoms with Gasteiger partial charge in [0.2, 0.25) is 17.4 Å². The van der Waals surface area contributed by atoms with Gasteiger partial charge < -0.3 is 30.6 Å². The summed E-state index contributed by atoms with van der Waals surface area (Å²) in [5.41, 5.74) is 1.61. The van der Waals surface area contributed by atoms with Gasteiger partial charge in [0.25, 0.3) is 5.91 Å². The molecule has 1 aliphatic carbocycles. The first-order valence-corrected chi connectivity index (χ1v) is 14.6. The zero-order chi connectivity index (χ0) is 32.1. The number of primary amides is 1. The van der Waals surface area contributed by atoms with Crippen molar-refractivity contribution in [2.75, 3.05) is 46.6 Å². The van der Waals surface area contributed by atoms with E-state index < -0.39 is 65.7 Å². The van der Waals surface area contributed by atoms with Crippen molar-refractivity contribution in [1.82, 2.24) is 15.5 Å². The number of benzene rings is 1. The van der Waals surface area contributed by atoms with E-state index in [1.807, 2.05) is 11.4 Å². The Balaban J connectivity index is 1.72. The first kappa shape index (κ1) is 33.4. The van der Waals surface area contributed by atoms with Crippen molar-refractivity contribution in [3.63, 3.8) is 0 Å². The van der Waals surface area contributed by atoms with Crippen LogP contribution in [0.4, 0.5) is 13.2 Å². The molecule has 11 nitrogen and oxygen atoms in total. The second-order valence-electron chi connectivity index (χ2n) is 11.6. The third kappa shape index (κ3) is 7.59. The molecule has 0 spiro atoms. The van der Waals surface area contributed by atoms with Crippen molar-refractivity contribution in [1.29, 1.82) is 0 Å². The maximum atomic E-state index is 15.2. The fourth-order valence-electron chi connectivity index (χ4n) is 5.68. The number of ketones is 1. The summed E-state index contributed by atoms with van der Waals surface area (Å²) in [5, 5.41) is 4.33. The van der Waals surface area contributed by atoms with Crippen molar-refractivity contribution in [3.05, 3.63) is 41.5 Å². The Morgan fingerprint density at radius 1 is 1.11 bits per heavy atom. The number of hydrogen-bond donors (Lipinski definition) is 3. The summed E-state index contributed by atoms with van der Waals surface area (Å²) in [6.45, 7) is 2.32. The average molecular weight is 625 g/mol. The van der Waals surface area contributed by atoms with Crippen LogP contribution < -0.4 is 21.1 Å². The van der Waals surface area contributed by atoms with E-state index in [9.17, 15) is 19.2 Å². The Morgan fingerprint density at radius 2 is 1.77 bits per heavy atom. The van der Waals surface area contributed by atoms with Gasteiger partial charge in [0.05, 0.1) is 45.4 Å². The number of carbonyl (C=O) groups is 4. The number of allylic oxidation sites excluding steroid dienone is 1. The Bertz CT molecular complexity index is 1260. The van der Waals surface area contributed by atoms with Crippen molar-refractivity contribution in [3.8, 4) is 5.75 Å². The number of carbonyl (C=O) groups excluding carboxylic acids is 4. The normalized spacial score (nSPS) is 23.1. The molecule has 1 unspecified atom stereocenters. The fraction of sp³-hybridized carbons (Fsp3) is 0.600. The number of Topliss-reactive ketones (excluding diaryl/α,β-unsaturated/α-hetero) is 1. The van der Waals surface area contributed by atoms with E-state index in [-0.39, 0.29) is 31.8 Å². The molecule has 1 aromatic carbocycles. The van der Waals surface area contributed by atoms with E-state index >= 15 is 13.2 Å². The van der Waals surface area contributed by atoms with Crippen molar-refractivity contribution in [2.45, 2.75) is 62.4 Å². The predicted octanol–water partition coefficient (Wildman–Crippen LogP) is 1.43. The Morgan fingerprint density at radius 3 is 2.30 bits per heavy atom. The number of epoxide rings is 1. The molecular formula is C30H39F3N4O7. The number of hydrogen-bond acceptors (Lipinski definition) is 8. The highest BCUT2D eigenvalue weighted by atomic mass is 19.4. The highest BCUT2D eigenvalue weighted by molar-refractivity contribution is 6.00. The molecule has 2 fully saturated rings. The number of nitrogens with zero attached hydrogens (tertiary/aromatic N) is 1. The molecule has 2 saturated heterocycles. The molecule has 0 saturated carbocycles. The second-order valence-corrected chi connectivity index (χ2v) is 11.6. The maximum Gasteiger partial charge on any atom is 0.421 e. The minimum atomic E-state index is -5.49. The van der Waals surface area contributed by atoms with Crippen molar-refractivity contribution >= 4 is 23.5 Å². The number of nitrogens with two attached hydrogens (primary N) is 1. The third-order valence-electron chi connectivity index (χ3n) is 8.41. The summed E-state index contributed by atoms with van der Waals surface area (Å²) in [4.78, 5) is 55.1. The minimum absolute atomic E-state index is 0.0811. The van der Waals surface area contributed by atoms with Crippen LogP contribution in [0.5, 0.6) is 5.75 Å². The zero-order valence-corrected chi connectivity index (χ0v) is 24.8. The molecular weight excluding hydrogens is 585 g/mol. The van der Waals surface area contributed by atoms with Gasteiger partial charge in [0, 0.05) is 13.1 Å². The number of amides is 3. The molecule has 2 aliphatic heterocycles. The van der Waals surface area contributed by atoms with Gasteiger partial charge in [-0.1, -0.05) is 23.8 Å². The highest BCUT2D eigenvalue weighted by Gasteiger charge is 2.67. The van der Waals surface area contributed by atoms with Crippen molar-refractivity contribution in [2.24, 2.45) is 11.7 Å². The molecule has 3 amide bonds. The van der Waals surface area contributed by atoms with Crippen LogP contribution in [0.3, 0.4) is 0 Å². The van der Waals surface area contributed by atoms with Gasteiger partial charge in [-0.15, -0.1) is 0 Å². The Hall–Kier alpha value is -3.49. The SMILES string of the molecule is COc1ccc(C[C@H](C(=O)N[C@@H](CC2=CCCC2)C(=O)[C@@]2(C)CO2)C(NC(=O)CN2CCOCC2)(C(N)=O)C(F)(F)F)cc1. The van der Waals surface area contributed by atoms with Crippen LogP contribution in [0, 0.1) is 5.92 Å². The lowest BCUT2D eigenvalue weighted by Crippen LogP contribution is -2.73. The topological polar surface area (TPSA) is 153 Å². The van der Waals surface area contributed by atoms with Crippen LogP contribution in [-0.4, -0.2) is 98.3 Å². The van der Waals surface area contributed by atoms with E-state index in [1.54, 1.807) is 11.8 Å². The molecule has 4 atom stereocenters. The molecule has 0 bridgehead atoms.